The third-order valence-corrected chi connectivity index (χ3v) is 5.42. The van der Waals surface area contributed by atoms with Gasteiger partial charge in [0, 0.05) is 26.9 Å². The maximum atomic E-state index is 3.23. The molecule has 136 valence electrons. The number of benzene rings is 4. The number of aromatic amines is 1. The van der Waals surface area contributed by atoms with Gasteiger partial charge in [0.25, 0.3) is 0 Å². The lowest BCUT2D eigenvalue weighted by molar-refractivity contribution is 1.41. The molecule has 0 saturated heterocycles. The van der Waals surface area contributed by atoms with Gasteiger partial charge in [-0.3, -0.25) is 0 Å². The quantitative estimate of drug-likeness (QED) is 0.340. The molecular weight excluding hydrogens is 358 g/mol. The lowest BCUT2D eigenvalue weighted by Gasteiger charge is -2.02. The van der Waals surface area contributed by atoms with Crippen molar-refractivity contribution in [2.75, 3.05) is 0 Å². The van der Waals surface area contributed by atoms with Crippen molar-refractivity contribution in [2.45, 2.75) is 9.79 Å². The molecule has 0 aliphatic heterocycles. The monoisotopic (exact) mass is 379 g/mol. The molecule has 5 aromatic rings. The molecule has 0 fully saturated rings. The summed E-state index contributed by atoms with van der Waals surface area (Å²) in [6, 6.07) is 39.7. The van der Waals surface area contributed by atoms with Gasteiger partial charge in [0.15, 0.2) is 0 Å². The molecule has 1 heterocycles. The highest BCUT2D eigenvalue weighted by Crippen LogP contribution is 2.28. The number of hydrogen-bond acceptors (Lipinski definition) is 1. The number of fused-ring (bicyclic) bond motifs is 1. The third kappa shape index (κ3) is 4.54. The van der Waals surface area contributed by atoms with E-state index in [1.165, 1.54) is 31.8 Å². The molecule has 5 rings (SSSR count). The van der Waals surface area contributed by atoms with Crippen molar-refractivity contribution in [2.24, 2.45) is 0 Å². The molecule has 0 bridgehead atoms. The van der Waals surface area contributed by atoms with Crippen LogP contribution in [-0.2, 0) is 0 Å². The maximum Gasteiger partial charge on any atom is 0.0460 e. The lowest BCUT2D eigenvalue weighted by Crippen LogP contribution is -1.77. The normalized spacial score (nSPS) is 10.3. The van der Waals surface area contributed by atoms with E-state index in [0.717, 1.165) is 0 Å². The summed E-state index contributed by atoms with van der Waals surface area (Å²) in [6.07, 6.45) is 1.98. The first-order valence-electron chi connectivity index (χ1n) is 9.29. The Labute approximate surface area is 170 Å². The zero-order valence-electron chi connectivity index (χ0n) is 15.5. The fourth-order valence-electron chi connectivity index (χ4n) is 3.07. The van der Waals surface area contributed by atoms with Crippen LogP contribution in [0.25, 0.3) is 22.0 Å². The highest BCUT2D eigenvalue weighted by Gasteiger charge is 2.02. The first-order chi connectivity index (χ1) is 13.9. The van der Waals surface area contributed by atoms with Gasteiger partial charge < -0.3 is 4.98 Å². The second kappa shape index (κ2) is 9.12. The van der Waals surface area contributed by atoms with Gasteiger partial charge in [-0.25, -0.2) is 0 Å². The first kappa shape index (κ1) is 18.1. The van der Waals surface area contributed by atoms with Crippen molar-refractivity contribution in [1.82, 2.24) is 4.98 Å². The van der Waals surface area contributed by atoms with E-state index >= 15 is 0 Å². The van der Waals surface area contributed by atoms with E-state index in [2.05, 4.69) is 102 Å². The Morgan fingerprint density at radius 3 is 1.68 bits per heavy atom. The van der Waals surface area contributed by atoms with E-state index in [9.17, 15) is 0 Å². The average Bonchev–Trinajstić information content (AvgIpc) is 3.25. The molecule has 1 nitrogen and oxygen atoms in total. The van der Waals surface area contributed by atoms with Crippen LogP contribution in [0.1, 0.15) is 0 Å². The zero-order valence-corrected chi connectivity index (χ0v) is 16.3. The molecule has 0 amide bonds. The molecule has 28 heavy (non-hydrogen) atoms. The summed E-state index contributed by atoms with van der Waals surface area (Å²) >= 11 is 1.79. The summed E-state index contributed by atoms with van der Waals surface area (Å²) in [5, 5.41) is 1.28. The Morgan fingerprint density at radius 2 is 1.07 bits per heavy atom. The lowest BCUT2D eigenvalue weighted by atomic mass is 10.0. The van der Waals surface area contributed by atoms with Crippen LogP contribution in [0.2, 0.25) is 0 Å². The molecule has 0 radical (unpaired) electrons. The Bertz CT molecular complexity index is 1080. The Hall–Kier alpha value is -3.23. The standard InChI is InChI=1S/C14H11N.C12H10S/c1-2-5-11(6-3-1)12-7-4-8-14-13(12)9-10-15-14;1-3-7-11(8-4-1)13-12-9-5-2-6-10-12/h1-10,15H;1-10H. The van der Waals surface area contributed by atoms with E-state index in [-0.39, 0.29) is 0 Å². The van der Waals surface area contributed by atoms with Crippen molar-refractivity contribution >= 4 is 22.7 Å². The molecule has 0 aliphatic carbocycles. The smallest absolute Gasteiger partial charge is 0.0460 e. The summed E-state index contributed by atoms with van der Waals surface area (Å²) in [6.45, 7) is 0. The van der Waals surface area contributed by atoms with Gasteiger partial charge in [-0.2, -0.15) is 0 Å². The van der Waals surface area contributed by atoms with Crippen LogP contribution in [0.15, 0.2) is 131 Å². The molecule has 0 atom stereocenters. The molecule has 0 spiro atoms. The van der Waals surface area contributed by atoms with Gasteiger partial charge >= 0.3 is 0 Å². The highest BCUT2D eigenvalue weighted by molar-refractivity contribution is 7.99. The second-order valence-corrected chi connectivity index (χ2v) is 7.49. The first-order valence-corrected chi connectivity index (χ1v) is 10.1. The van der Waals surface area contributed by atoms with Gasteiger partial charge in [-0.05, 0) is 47.5 Å². The fourth-order valence-corrected chi connectivity index (χ4v) is 3.93. The third-order valence-electron chi connectivity index (χ3n) is 4.40. The van der Waals surface area contributed by atoms with Crippen LogP contribution in [0.4, 0.5) is 0 Å². The maximum absolute atomic E-state index is 3.23. The van der Waals surface area contributed by atoms with Crippen molar-refractivity contribution in [3.8, 4) is 11.1 Å². The van der Waals surface area contributed by atoms with Crippen LogP contribution in [0.5, 0.6) is 0 Å². The highest BCUT2D eigenvalue weighted by atomic mass is 32.2. The van der Waals surface area contributed by atoms with Gasteiger partial charge in [0.05, 0.1) is 0 Å². The van der Waals surface area contributed by atoms with Gasteiger partial charge in [-0.15, -0.1) is 0 Å². The molecule has 0 unspecified atom stereocenters. The molecular formula is C26H21NS. The summed E-state index contributed by atoms with van der Waals surface area (Å²) in [5.41, 5.74) is 3.74. The topological polar surface area (TPSA) is 15.8 Å². The largest absolute Gasteiger partial charge is 0.361 e. The van der Waals surface area contributed by atoms with E-state index in [0.29, 0.717) is 0 Å². The van der Waals surface area contributed by atoms with Crippen molar-refractivity contribution in [3.63, 3.8) is 0 Å². The van der Waals surface area contributed by atoms with E-state index in [4.69, 9.17) is 0 Å². The Kier molecular flexibility index (Phi) is 5.91. The summed E-state index contributed by atoms with van der Waals surface area (Å²) in [7, 11) is 0. The summed E-state index contributed by atoms with van der Waals surface area (Å²) in [5.74, 6) is 0. The minimum absolute atomic E-state index is 1.19. The van der Waals surface area contributed by atoms with Crippen LogP contribution < -0.4 is 0 Å². The zero-order chi connectivity index (χ0) is 19.0. The number of rotatable bonds is 3. The van der Waals surface area contributed by atoms with E-state index in [1.807, 2.05) is 24.4 Å². The molecule has 4 aromatic carbocycles. The van der Waals surface area contributed by atoms with Crippen molar-refractivity contribution in [3.05, 3.63) is 121 Å². The minimum atomic E-state index is 1.19. The number of H-pyrrole nitrogens is 1. The van der Waals surface area contributed by atoms with Gasteiger partial charge in [0.2, 0.25) is 0 Å². The van der Waals surface area contributed by atoms with Crippen molar-refractivity contribution < 1.29 is 0 Å². The Morgan fingerprint density at radius 1 is 0.500 bits per heavy atom. The fraction of sp³-hybridized carbons (Fsp3) is 0. The minimum Gasteiger partial charge on any atom is -0.361 e. The summed E-state index contributed by atoms with van der Waals surface area (Å²) in [4.78, 5) is 5.80. The van der Waals surface area contributed by atoms with Crippen LogP contribution in [-0.4, -0.2) is 4.98 Å². The second-order valence-electron chi connectivity index (χ2n) is 6.34. The van der Waals surface area contributed by atoms with Crippen LogP contribution in [0, 0.1) is 0 Å². The predicted molar refractivity (Wildman–Crippen MR) is 121 cm³/mol. The molecule has 1 aromatic heterocycles. The number of hydrogen-bond donors (Lipinski definition) is 1. The van der Waals surface area contributed by atoms with Crippen LogP contribution >= 0.6 is 11.8 Å². The average molecular weight is 380 g/mol. The molecule has 0 saturated carbocycles. The number of aromatic nitrogens is 1. The SMILES string of the molecule is c1ccc(-c2cccc3[nH]ccc23)cc1.c1ccc(Sc2ccccc2)cc1. The Balaban J connectivity index is 0.000000139. The van der Waals surface area contributed by atoms with Crippen molar-refractivity contribution in [1.29, 1.82) is 0 Å². The molecule has 2 heteroatoms. The van der Waals surface area contributed by atoms with Crippen LogP contribution in [0.3, 0.4) is 0 Å². The van der Waals surface area contributed by atoms with E-state index < -0.39 is 0 Å². The molecule has 0 aliphatic rings. The predicted octanol–water partition coefficient (Wildman–Crippen LogP) is 7.67. The van der Waals surface area contributed by atoms with E-state index in [1.54, 1.807) is 11.8 Å². The van der Waals surface area contributed by atoms with Gasteiger partial charge in [0.1, 0.15) is 0 Å². The number of nitrogens with one attached hydrogen (secondary N) is 1. The summed E-state index contributed by atoms with van der Waals surface area (Å²) < 4.78 is 0. The molecule has 1 N–H and O–H groups in total. The van der Waals surface area contributed by atoms with Gasteiger partial charge in [-0.1, -0.05) is 90.6 Å².